The molecule has 1 unspecified atom stereocenters. The van der Waals surface area contributed by atoms with Gasteiger partial charge in [0, 0.05) is 23.4 Å². The van der Waals surface area contributed by atoms with Gasteiger partial charge in [-0.05, 0) is 72.9 Å². The number of aliphatic carboxylic acids is 1. The van der Waals surface area contributed by atoms with Crippen LogP contribution in [0.2, 0.25) is 0 Å². The van der Waals surface area contributed by atoms with Gasteiger partial charge >= 0.3 is 5.97 Å². The van der Waals surface area contributed by atoms with E-state index in [-0.39, 0.29) is 24.9 Å². The third-order valence-corrected chi connectivity index (χ3v) is 6.78. The van der Waals surface area contributed by atoms with Crippen molar-refractivity contribution in [3.63, 3.8) is 0 Å². The van der Waals surface area contributed by atoms with Gasteiger partial charge in [-0.2, -0.15) is 0 Å². The standard InChI is InChI=1S/C29H29N3O4/c33-26(34)17-18-30-28(35)21-13-15-23(16-14-21)31-27(19-5-1-2-6-19)20-9-11-22(12-10-20)29-32-24-7-3-4-8-25(24)36-29/h3-4,7-16,19,27,31H,1-2,5-6,17-18H2,(H,30,35)(H,33,34). The van der Waals surface area contributed by atoms with Gasteiger partial charge in [0.05, 0.1) is 12.5 Å². The average Bonchev–Trinajstić information content (AvgIpc) is 3.58. The van der Waals surface area contributed by atoms with Crippen molar-refractivity contribution in [1.82, 2.24) is 10.3 Å². The molecule has 3 N–H and O–H groups in total. The summed E-state index contributed by atoms with van der Waals surface area (Å²) in [7, 11) is 0. The van der Waals surface area contributed by atoms with Crippen molar-refractivity contribution in [2.24, 2.45) is 5.92 Å². The van der Waals surface area contributed by atoms with Gasteiger partial charge in [-0.1, -0.05) is 37.1 Å². The summed E-state index contributed by atoms with van der Waals surface area (Å²) in [4.78, 5) is 27.5. The Morgan fingerprint density at radius 2 is 1.69 bits per heavy atom. The molecular weight excluding hydrogens is 454 g/mol. The smallest absolute Gasteiger partial charge is 0.305 e. The number of rotatable bonds is 9. The number of anilines is 1. The van der Waals surface area contributed by atoms with Gasteiger partial charge in [0.15, 0.2) is 5.58 Å². The fraction of sp³-hybridized carbons (Fsp3) is 0.276. The number of aromatic nitrogens is 1. The molecule has 1 heterocycles. The number of benzene rings is 3. The normalized spacial score (nSPS) is 14.6. The van der Waals surface area contributed by atoms with Crippen molar-refractivity contribution in [3.05, 3.63) is 83.9 Å². The van der Waals surface area contributed by atoms with Crippen LogP contribution in [0.4, 0.5) is 5.69 Å². The molecule has 3 aromatic carbocycles. The summed E-state index contributed by atoms with van der Waals surface area (Å²) in [5, 5.41) is 15.1. The number of para-hydroxylation sites is 2. The Morgan fingerprint density at radius 3 is 2.39 bits per heavy atom. The van der Waals surface area contributed by atoms with Crippen LogP contribution in [-0.2, 0) is 4.79 Å². The Hall–Kier alpha value is -4.13. The SMILES string of the molecule is O=C(O)CCNC(=O)c1ccc(NC(c2ccc(-c3nc4ccccc4o3)cc2)C2CCCC2)cc1. The van der Waals surface area contributed by atoms with E-state index in [9.17, 15) is 9.59 Å². The van der Waals surface area contributed by atoms with Crippen molar-refractivity contribution in [3.8, 4) is 11.5 Å². The Kier molecular flexibility index (Phi) is 6.98. The fourth-order valence-electron chi connectivity index (χ4n) is 4.88. The molecular formula is C29H29N3O4. The first kappa shape index (κ1) is 23.6. The maximum Gasteiger partial charge on any atom is 0.305 e. The van der Waals surface area contributed by atoms with Crippen molar-refractivity contribution < 1.29 is 19.1 Å². The number of carboxylic acid groups (broad SMARTS) is 1. The van der Waals surface area contributed by atoms with Gasteiger partial charge in [-0.25, -0.2) is 4.98 Å². The number of nitrogens with zero attached hydrogens (tertiary/aromatic N) is 1. The zero-order valence-electron chi connectivity index (χ0n) is 19.9. The van der Waals surface area contributed by atoms with E-state index in [4.69, 9.17) is 9.52 Å². The fourth-order valence-corrected chi connectivity index (χ4v) is 4.88. The Bertz CT molecular complexity index is 1310. The highest BCUT2D eigenvalue weighted by atomic mass is 16.4. The molecule has 1 aliphatic rings. The van der Waals surface area contributed by atoms with Crippen LogP contribution in [0.3, 0.4) is 0 Å². The minimum Gasteiger partial charge on any atom is -0.481 e. The number of fused-ring (bicyclic) bond motifs is 1. The molecule has 184 valence electrons. The van der Waals surface area contributed by atoms with E-state index >= 15 is 0 Å². The Labute approximate surface area is 209 Å². The van der Waals surface area contributed by atoms with Gasteiger partial charge < -0.3 is 20.2 Å². The number of carboxylic acids is 1. The van der Waals surface area contributed by atoms with Crippen LogP contribution in [0.1, 0.15) is 54.1 Å². The molecule has 7 heteroatoms. The summed E-state index contributed by atoms with van der Waals surface area (Å²) in [6.45, 7) is 0.109. The largest absolute Gasteiger partial charge is 0.481 e. The summed E-state index contributed by atoms with van der Waals surface area (Å²) in [6.07, 6.45) is 4.72. The monoisotopic (exact) mass is 483 g/mol. The maximum absolute atomic E-state index is 12.3. The number of hydrogen-bond acceptors (Lipinski definition) is 5. The number of oxazole rings is 1. The topological polar surface area (TPSA) is 104 Å². The van der Waals surface area contributed by atoms with E-state index in [0.717, 1.165) is 22.4 Å². The van der Waals surface area contributed by atoms with Gasteiger partial charge in [-0.3, -0.25) is 9.59 Å². The molecule has 7 nitrogen and oxygen atoms in total. The summed E-state index contributed by atoms with van der Waals surface area (Å²) in [5.74, 6) is -0.0656. The van der Waals surface area contributed by atoms with Gasteiger partial charge in [0.1, 0.15) is 5.52 Å². The van der Waals surface area contributed by atoms with Crippen LogP contribution < -0.4 is 10.6 Å². The lowest BCUT2D eigenvalue weighted by molar-refractivity contribution is -0.136. The second-order valence-corrected chi connectivity index (χ2v) is 9.25. The Morgan fingerprint density at radius 1 is 0.972 bits per heavy atom. The van der Waals surface area contributed by atoms with Gasteiger partial charge in [0.25, 0.3) is 5.91 Å². The van der Waals surface area contributed by atoms with Crippen LogP contribution in [0.25, 0.3) is 22.6 Å². The molecule has 1 amide bonds. The lowest BCUT2D eigenvalue weighted by Gasteiger charge is -2.26. The minimum atomic E-state index is -0.935. The molecule has 1 saturated carbocycles. The van der Waals surface area contributed by atoms with Crippen LogP contribution in [0, 0.1) is 5.92 Å². The van der Waals surface area contributed by atoms with E-state index in [2.05, 4.69) is 39.9 Å². The van der Waals surface area contributed by atoms with Crippen molar-refractivity contribution in [2.75, 3.05) is 11.9 Å². The summed E-state index contributed by atoms with van der Waals surface area (Å²) >= 11 is 0. The zero-order chi connectivity index (χ0) is 24.9. The van der Waals surface area contributed by atoms with Crippen LogP contribution in [-0.4, -0.2) is 28.5 Å². The predicted octanol–water partition coefficient (Wildman–Crippen LogP) is 6.04. The first-order chi connectivity index (χ1) is 17.6. The number of carbonyl (C=O) groups is 2. The lowest BCUT2D eigenvalue weighted by atomic mass is 9.90. The van der Waals surface area contributed by atoms with Crippen molar-refractivity contribution in [2.45, 2.75) is 38.1 Å². The molecule has 5 rings (SSSR count). The molecule has 4 aromatic rings. The van der Waals surface area contributed by atoms with Crippen molar-refractivity contribution in [1.29, 1.82) is 0 Å². The molecule has 1 fully saturated rings. The van der Waals surface area contributed by atoms with E-state index in [1.165, 1.54) is 31.2 Å². The average molecular weight is 484 g/mol. The molecule has 1 aromatic heterocycles. The van der Waals surface area contributed by atoms with Crippen molar-refractivity contribution >= 4 is 28.7 Å². The van der Waals surface area contributed by atoms with Crippen LogP contribution in [0.15, 0.2) is 77.2 Å². The zero-order valence-corrected chi connectivity index (χ0v) is 19.9. The van der Waals surface area contributed by atoms with Gasteiger partial charge in [-0.15, -0.1) is 0 Å². The Balaban J connectivity index is 1.31. The minimum absolute atomic E-state index is 0.0976. The van der Waals surface area contributed by atoms with Crippen LogP contribution >= 0.6 is 0 Å². The molecule has 0 aliphatic heterocycles. The summed E-state index contributed by atoms with van der Waals surface area (Å²) < 4.78 is 5.93. The molecule has 0 saturated heterocycles. The predicted molar refractivity (Wildman–Crippen MR) is 139 cm³/mol. The van der Waals surface area contributed by atoms with E-state index in [1.807, 2.05) is 36.4 Å². The number of carbonyl (C=O) groups excluding carboxylic acids is 1. The first-order valence-corrected chi connectivity index (χ1v) is 12.4. The quantitative estimate of drug-likeness (QED) is 0.268. The number of amides is 1. The molecule has 36 heavy (non-hydrogen) atoms. The van der Waals surface area contributed by atoms with Crippen LogP contribution in [0.5, 0.6) is 0 Å². The summed E-state index contributed by atoms with van der Waals surface area (Å²) in [6, 6.07) is 23.7. The maximum atomic E-state index is 12.3. The van der Waals surface area contributed by atoms with Gasteiger partial charge in [0.2, 0.25) is 5.89 Å². The third kappa shape index (κ3) is 5.40. The molecule has 0 radical (unpaired) electrons. The van der Waals surface area contributed by atoms with E-state index in [0.29, 0.717) is 17.4 Å². The first-order valence-electron chi connectivity index (χ1n) is 12.4. The molecule has 1 aliphatic carbocycles. The second kappa shape index (κ2) is 10.6. The second-order valence-electron chi connectivity index (χ2n) is 9.25. The highest BCUT2D eigenvalue weighted by molar-refractivity contribution is 5.94. The highest BCUT2D eigenvalue weighted by Gasteiger charge is 2.26. The summed E-state index contributed by atoms with van der Waals surface area (Å²) in [5.41, 5.74) is 5.22. The highest BCUT2D eigenvalue weighted by Crippen LogP contribution is 2.38. The number of hydrogen-bond donors (Lipinski definition) is 3. The number of nitrogens with one attached hydrogen (secondary N) is 2. The molecule has 0 bridgehead atoms. The molecule has 1 atom stereocenters. The van der Waals surface area contributed by atoms with E-state index < -0.39 is 5.97 Å². The third-order valence-electron chi connectivity index (χ3n) is 6.78. The lowest BCUT2D eigenvalue weighted by Crippen LogP contribution is -2.26. The van der Waals surface area contributed by atoms with E-state index in [1.54, 1.807) is 12.1 Å². The molecule has 0 spiro atoms.